The molecule has 2 saturated carbocycles. The van der Waals surface area contributed by atoms with Gasteiger partial charge in [0, 0.05) is 0 Å². The number of ether oxygens (including phenoxy) is 1. The predicted octanol–water partition coefficient (Wildman–Crippen LogP) is 6.83. The van der Waals surface area contributed by atoms with Crippen LogP contribution in [-0.2, 0) is 0 Å². The molecule has 0 spiro atoms. The van der Waals surface area contributed by atoms with Crippen LogP contribution in [0.25, 0.3) is 0 Å². The van der Waals surface area contributed by atoms with Crippen molar-refractivity contribution in [1.29, 1.82) is 0 Å². The minimum absolute atomic E-state index is 0.0885. The van der Waals surface area contributed by atoms with Crippen LogP contribution < -0.4 is 4.74 Å². The average molecular weight is 370 g/mol. The first-order valence-electron chi connectivity index (χ1n) is 9.52. The first-order valence-corrected chi connectivity index (χ1v) is 9.52. The molecule has 1 aromatic rings. The molecule has 0 amide bonds. The third-order valence-electron chi connectivity index (χ3n) is 6.20. The number of rotatable bonds is 6. The van der Waals surface area contributed by atoms with Crippen molar-refractivity contribution in [3.8, 4) is 5.75 Å². The predicted molar refractivity (Wildman–Crippen MR) is 93.3 cm³/mol. The van der Waals surface area contributed by atoms with E-state index in [-0.39, 0.29) is 5.92 Å². The standard InChI is InChI=1S/C21H26F4O/c1-2-3-4-13-5-6-15-10-16(8-7-14(15)9-13)17-11-18(22)20(19(23)12-17)26-21(24)25/h2,11-16,21H,1,3-10H2/t13-,14-,15-,16?/m1/s1. The zero-order valence-corrected chi connectivity index (χ0v) is 14.9. The van der Waals surface area contributed by atoms with Crippen LogP contribution in [0.15, 0.2) is 24.8 Å². The van der Waals surface area contributed by atoms with Gasteiger partial charge in [-0.25, -0.2) is 8.78 Å². The summed E-state index contributed by atoms with van der Waals surface area (Å²) in [5.74, 6) is -0.925. The third-order valence-corrected chi connectivity index (χ3v) is 6.20. The van der Waals surface area contributed by atoms with E-state index in [0.29, 0.717) is 17.4 Å². The van der Waals surface area contributed by atoms with Gasteiger partial charge in [0.05, 0.1) is 0 Å². The van der Waals surface area contributed by atoms with E-state index in [1.165, 1.54) is 37.8 Å². The fraction of sp³-hybridized carbons (Fsp3) is 0.619. The van der Waals surface area contributed by atoms with Crippen LogP contribution >= 0.6 is 0 Å². The molecule has 0 radical (unpaired) electrons. The van der Waals surface area contributed by atoms with Gasteiger partial charge in [0.2, 0.25) is 0 Å². The summed E-state index contributed by atoms with van der Waals surface area (Å²) in [6, 6.07) is 2.34. The van der Waals surface area contributed by atoms with E-state index in [4.69, 9.17) is 0 Å². The smallest absolute Gasteiger partial charge is 0.387 e. The molecule has 1 unspecified atom stereocenters. The molecule has 0 N–H and O–H groups in total. The Kier molecular flexibility index (Phi) is 6.25. The molecule has 1 aromatic carbocycles. The molecule has 0 bridgehead atoms. The highest BCUT2D eigenvalue weighted by molar-refractivity contribution is 5.33. The summed E-state index contributed by atoms with van der Waals surface area (Å²) in [4.78, 5) is 0. The Balaban J connectivity index is 1.65. The van der Waals surface area contributed by atoms with Crippen LogP contribution in [0, 0.1) is 29.4 Å². The van der Waals surface area contributed by atoms with Gasteiger partial charge >= 0.3 is 6.61 Å². The second kappa shape index (κ2) is 8.45. The number of allylic oxidation sites excluding steroid dienone is 1. The van der Waals surface area contributed by atoms with Gasteiger partial charge in [-0.05, 0) is 86.3 Å². The summed E-state index contributed by atoms with van der Waals surface area (Å²) in [5, 5.41) is 0. The Morgan fingerprint density at radius 2 is 1.69 bits per heavy atom. The molecule has 0 aliphatic heterocycles. The van der Waals surface area contributed by atoms with E-state index in [0.717, 1.165) is 31.6 Å². The van der Waals surface area contributed by atoms with E-state index in [2.05, 4.69) is 11.3 Å². The van der Waals surface area contributed by atoms with E-state index < -0.39 is 24.0 Å². The lowest BCUT2D eigenvalue weighted by Crippen LogP contribution is -2.30. The Hall–Kier alpha value is -1.52. The fourth-order valence-corrected chi connectivity index (χ4v) is 4.92. The highest BCUT2D eigenvalue weighted by atomic mass is 19.3. The van der Waals surface area contributed by atoms with Crippen LogP contribution in [0.4, 0.5) is 17.6 Å². The Morgan fingerprint density at radius 1 is 1.04 bits per heavy atom. The second-order valence-electron chi connectivity index (χ2n) is 7.77. The molecule has 2 aliphatic carbocycles. The molecule has 4 atom stereocenters. The lowest BCUT2D eigenvalue weighted by atomic mass is 9.63. The Morgan fingerprint density at radius 3 is 2.35 bits per heavy atom. The zero-order valence-electron chi connectivity index (χ0n) is 14.9. The maximum atomic E-state index is 14.0. The number of hydrogen-bond donors (Lipinski definition) is 0. The SMILES string of the molecule is C=CCC[C@@H]1CC[C@@H]2CC(c3cc(F)c(OC(F)F)c(F)c3)CC[C@@H]2C1. The minimum atomic E-state index is -3.24. The summed E-state index contributed by atoms with van der Waals surface area (Å²) in [6.45, 7) is 0.555. The first kappa shape index (κ1) is 19.2. The van der Waals surface area contributed by atoms with Gasteiger partial charge < -0.3 is 4.74 Å². The van der Waals surface area contributed by atoms with Gasteiger partial charge in [-0.1, -0.05) is 12.5 Å². The summed E-state index contributed by atoms with van der Waals surface area (Å²) in [7, 11) is 0. The fourth-order valence-electron chi connectivity index (χ4n) is 4.92. The van der Waals surface area contributed by atoms with Crippen LogP contribution in [0.1, 0.15) is 62.8 Å². The van der Waals surface area contributed by atoms with Gasteiger partial charge in [0.25, 0.3) is 0 Å². The molecule has 0 heterocycles. The monoisotopic (exact) mass is 370 g/mol. The molecule has 1 nitrogen and oxygen atoms in total. The van der Waals surface area contributed by atoms with Crippen molar-refractivity contribution >= 4 is 0 Å². The third kappa shape index (κ3) is 4.41. The number of fused-ring (bicyclic) bond motifs is 1. The van der Waals surface area contributed by atoms with Crippen molar-refractivity contribution in [2.45, 2.75) is 63.9 Å². The molecule has 5 heteroatoms. The van der Waals surface area contributed by atoms with E-state index in [1.807, 2.05) is 6.08 Å². The number of hydrogen-bond acceptors (Lipinski definition) is 1. The van der Waals surface area contributed by atoms with Gasteiger partial charge in [0.15, 0.2) is 17.4 Å². The van der Waals surface area contributed by atoms with E-state index in [1.54, 1.807) is 0 Å². The Labute approximate surface area is 152 Å². The normalized spacial score (nSPS) is 28.7. The average Bonchev–Trinajstić information content (AvgIpc) is 2.62. The largest absolute Gasteiger partial charge is 0.429 e. The minimum Gasteiger partial charge on any atom is -0.429 e. The summed E-state index contributed by atoms with van der Waals surface area (Å²) >= 11 is 0. The molecule has 144 valence electrons. The maximum absolute atomic E-state index is 14.0. The lowest BCUT2D eigenvalue weighted by Gasteiger charge is -2.42. The van der Waals surface area contributed by atoms with Crippen molar-refractivity contribution in [3.63, 3.8) is 0 Å². The van der Waals surface area contributed by atoms with E-state index >= 15 is 0 Å². The van der Waals surface area contributed by atoms with Crippen molar-refractivity contribution in [1.82, 2.24) is 0 Å². The molecule has 2 aliphatic rings. The highest BCUT2D eigenvalue weighted by Gasteiger charge is 2.36. The van der Waals surface area contributed by atoms with Crippen molar-refractivity contribution in [2.75, 3.05) is 0 Å². The number of benzene rings is 1. The molecule has 2 fully saturated rings. The quantitative estimate of drug-likeness (QED) is 0.394. The number of halogens is 4. The van der Waals surface area contributed by atoms with Gasteiger partial charge in [-0.3, -0.25) is 0 Å². The molecule has 0 saturated heterocycles. The van der Waals surface area contributed by atoms with E-state index in [9.17, 15) is 17.6 Å². The molecular weight excluding hydrogens is 344 g/mol. The summed E-state index contributed by atoms with van der Waals surface area (Å²) < 4.78 is 56.5. The second-order valence-corrected chi connectivity index (χ2v) is 7.77. The topological polar surface area (TPSA) is 9.23 Å². The zero-order chi connectivity index (χ0) is 18.7. The summed E-state index contributed by atoms with van der Waals surface area (Å²) in [6.07, 6.45) is 10.8. The van der Waals surface area contributed by atoms with Crippen LogP contribution in [0.2, 0.25) is 0 Å². The summed E-state index contributed by atoms with van der Waals surface area (Å²) in [5.41, 5.74) is 0.564. The highest BCUT2D eigenvalue weighted by Crippen LogP contribution is 2.48. The van der Waals surface area contributed by atoms with Gasteiger partial charge in [-0.2, -0.15) is 8.78 Å². The van der Waals surface area contributed by atoms with Crippen LogP contribution in [-0.4, -0.2) is 6.61 Å². The maximum Gasteiger partial charge on any atom is 0.387 e. The molecule has 26 heavy (non-hydrogen) atoms. The van der Waals surface area contributed by atoms with Gasteiger partial charge in [0.1, 0.15) is 0 Å². The van der Waals surface area contributed by atoms with Crippen LogP contribution in [0.3, 0.4) is 0 Å². The van der Waals surface area contributed by atoms with Crippen molar-refractivity contribution in [2.24, 2.45) is 17.8 Å². The molecule has 3 rings (SSSR count). The molecule has 0 aromatic heterocycles. The van der Waals surface area contributed by atoms with Gasteiger partial charge in [-0.15, -0.1) is 6.58 Å². The number of alkyl halides is 2. The van der Waals surface area contributed by atoms with Crippen LogP contribution in [0.5, 0.6) is 5.75 Å². The molecular formula is C21H26F4O. The Bertz CT molecular complexity index is 607. The lowest BCUT2D eigenvalue weighted by molar-refractivity contribution is -0.0546. The first-order chi connectivity index (χ1) is 12.5. The van der Waals surface area contributed by atoms with Crippen molar-refractivity contribution in [3.05, 3.63) is 42.0 Å². The van der Waals surface area contributed by atoms with Crippen molar-refractivity contribution < 1.29 is 22.3 Å².